The number of nitrogens with zero attached hydrogens (tertiary/aromatic N) is 2. The summed E-state index contributed by atoms with van der Waals surface area (Å²) in [6.07, 6.45) is 3.58. The maximum Gasteiger partial charge on any atom is 0.262 e. The number of anilines is 1. The fourth-order valence-corrected chi connectivity index (χ4v) is 3.25. The minimum absolute atomic E-state index is 0.106. The standard InChI is InChI=1S/C19H15BrFN3O3/c20-12-5-6-14(13(21)9-12)22-11-19(25)24-16(18-4-2-8-27-18)10-15(23-24)17-3-1-7-26-17/h1-9,16,22H,10-11H2. The lowest BCUT2D eigenvalue weighted by Crippen LogP contribution is -2.32. The number of benzene rings is 1. The number of carbonyl (C=O) groups is 1. The second-order valence-corrected chi connectivity index (χ2v) is 6.89. The van der Waals surface area contributed by atoms with Gasteiger partial charge in [-0.05, 0) is 42.5 Å². The number of hydrogen-bond acceptors (Lipinski definition) is 5. The van der Waals surface area contributed by atoms with Crippen LogP contribution in [0.2, 0.25) is 0 Å². The molecule has 4 rings (SSSR count). The Hall–Kier alpha value is -2.87. The molecule has 27 heavy (non-hydrogen) atoms. The van der Waals surface area contributed by atoms with Crippen molar-refractivity contribution in [1.29, 1.82) is 0 Å². The van der Waals surface area contributed by atoms with Gasteiger partial charge in [-0.1, -0.05) is 15.9 Å². The van der Waals surface area contributed by atoms with E-state index in [2.05, 4.69) is 26.3 Å². The van der Waals surface area contributed by atoms with Gasteiger partial charge < -0.3 is 14.2 Å². The lowest BCUT2D eigenvalue weighted by atomic mass is 10.1. The first kappa shape index (κ1) is 17.5. The molecule has 0 bridgehead atoms. The van der Waals surface area contributed by atoms with Crippen LogP contribution < -0.4 is 5.32 Å². The molecule has 1 unspecified atom stereocenters. The summed E-state index contributed by atoms with van der Waals surface area (Å²) >= 11 is 3.21. The quantitative estimate of drug-likeness (QED) is 0.642. The molecule has 0 saturated heterocycles. The van der Waals surface area contributed by atoms with E-state index in [1.165, 1.54) is 11.1 Å². The zero-order chi connectivity index (χ0) is 18.8. The number of hydrogen-bond donors (Lipinski definition) is 1. The summed E-state index contributed by atoms with van der Waals surface area (Å²) in [6, 6.07) is 11.4. The largest absolute Gasteiger partial charge is 0.467 e. The summed E-state index contributed by atoms with van der Waals surface area (Å²) in [5.74, 6) is 0.485. The predicted octanol–water partition coefficient (Wildman–Crippen LogP) is 4.56. The summed E-state index contributed by atoms with van der Waals surface area (Å²) < 4.78 is 25.5. The lowest BCUT2D eigenvalue weighted by molar-refractivity contribution is -0.131. The van der Waals surface area contributed by atoms with Crippen LogP contribution in [0.15, 0.2) is 73.4 Å². The van der Waals surface area contributed by atoms with Gasteiger partial charge in [-0.3, -0.25) is 4.79 Å². The number of nitrogens with one attached hydrogen (secondary N) is 1. The van der Waals surface area contributed by atoms with Crippen molar-refractivity contribution in [3.05, 3.63) is 76.8 Å². The van der Waals surface area contributed by atoms with Gasteiger partial charge >= 0.3 is 0 Å². The van der Waals surface area contributed by atoms with E-state index in [4.69, 9.17) is 8.83 Å². The zero-order valence-electron chi connectivity index (χ0n) is 14.1. The molecule has 0 fully saturated rings. The van der Waals surface area contributed by atoms with E-state index in [1.807, 2.05) is 0 Å². The molecule has 0 spiro atoms. The first-order valence-electron chi connectivity index (χ1n) is 8.27. The Kier molecular flexibility index (Phi) is 4.81. The van der Waals surface area contributed by atoms with Gasteiger partial charge in [0, 0.05) is 10.9 Å². The molecular weight excluding hydrogens is 417 g/mol. The molecule has 3 aromatic rings. The summed E-state index contributed by atoms with van der Waals surface area (Å²) in [5.41, 5.74) is 0.903. The molecule has 1 atom stereocenters. The maximum atomic E-state index is 14.0. The molecule has 1 aromatic carbocycles. The Morgan fingerprint density at radius 1 is 1.26 bits per heavy atom. The van der Waals surface area contributed by atoms with Crippen molar-refractivity contribution in [3.63, 3.8) is 0 Å². The van der Waals surface area contributed by atoms with Gasteiger partial charge in [-0.2, -0.15) is 5.10 Å². The second-order valence-electron chi connectivity index (χ2n) is 5.98. The van der Waals surface area contributed by atoms with Gasteiger partial charge in [-0.25, -0.2) is 9.40 Å². The van der Waals surface area contributed by atoms with Crippen molar-refractivity contribution in [2.45, 2.75) is 12.5 Å². The minimum atomic E-state index is -0.444. The number of amides is 1. The van der Waals surface area contributed by atoms with E-state index in [0.29, 0.717) is 28.1 Å². The third-order valence-electron chi connectivity index (χ3n) is 4.20. The molecule has 1 aliphatic heterocycles. The smallest absolute Gasteiger partial charge is 0.262 e. The van der Waals surface area contributed by atoms with Crippen molar-refractivity contribution >= 4 is 33.2 Å². The van der Waals surface area contributed by atoms with Crippen molar-refractivity contribution in [3.8, 4) is 0 Å². The number of halogens is 2. The SMILES string of the molecule is O=C(CNc1ccc(Br)cc1F)N1N=C(c2ccco2)CC1c1ccco1. The van der Waals surface area contributed by atoms with Crippen LogP contribution in [0.4, 0.5) is 10.1 Å². The molecule has 3 heterocycles. The third kappa shape index (κ3) is 3.66. The van der Waals surface area contributed by atoms with Gasteiger partial charge in [0.2, 0.25) is 0 Å². The highest BCUT2D eigenvalue weighted by Gasteiger charge is 2.35. The van der Waals surface area contributed by atoms with Crippen molar-refractivity contribution in [2.75, 3.05) is 11.9 Å². The number of hydrazone groups is 1. The van der Waals surface area contributed by atoms with E-state index >= 15 is 0 Å². The normalized spacial score (nSPS) is 16.4. The highest BCUT2D eigenvalue weighted by atomic mass is 79.9. The molecule has 1 aliphatic rings. The molecular formula is C19H15BrFN3O3. The van der Waals surface area contributed by atoms with Crippen LogP contribution >= 0.6 is 15.9 Å². The number of furan rings is 2. The zero-order valence-corrected chi connectivity index (χ0v) is 15.6. The third-order valence-corrected chi connectivity index (χ3v) is 4.70. The second kappa shape index (κ2) is 7.40. The number of carbonyl (C=O) groups excluding carboxylic acids is 1. The van der Waals surface area contributed by atoms with Crippen LogP contribution in [0.5, 0.6) is 0 Å². The van der Waals surface area contributed by atoms with Crippen LogP contribution in [-0.4, -0.2) is 23.2 Å². The average molecular weight is 432 g/mol. The molecule has 0 saturated carbocycles. The van der Waals surface area contributed by atoms with E-state index in [-0.39, 0.29) is 24.2 Å². The van der Waals surface area contributed by atoms with E-state index < -0.39 is 5.82 Å². The summed E-state index contributed by atoms with van der Waals surface area (Å²) in [5, 5.41) is 8.61. The first-order chi connectivity index (χ1) is 13.1. The molecule has 2 aromatic heterocycles. The predicted molar refractivity (Wildman–Crippen MR) is 101 cm³/mol. The van der Waals surface area contributed by atoms with E-state index in [1.54, 1.807) is 48.9 Å². The van der Waals surface area contributed by atoms with Gasteiger partial charge in [0.25, 0.3) is 5.91 Å². The van der Waals surface area contributed by atoms with Crippen LogP contribution in [0.3, 0.4) is 0 Å². The van der Waals surface area contributed by atoms with Gasteiger partial charge in [0.1, 0.15) is 29.1 Å². The average Bonchev–Trinajstić information content (AvgIpc) is 3.40. The summed E-state index contributed by atoms with van der Waals surface area (Å²) in [4.78, 5) is 12.8. The maximum absolute atomic E-state index is 14.0. The Bertz CT molecular complexity index is 970. The van der Waals surface area contributed by atoms with Crippen molar-refractivity contribution < 1.29 is 18.0 Å². The van der Waals surface area contributed by atoms with E-state index in [0.717, 1.165) is 0 Å². The van der Waals surface area contributed by atoms with Crippen LogP contribution in [0.1, 0.15) is 24.0 Å². The van der Waals surface area contributed by atoms with Gasteiger partial charge in [-0.15, -0.1) is 0 Å². The summed E-state index contributed by atoms with van der Waals surface area (Å²) in [6.45, 7) is -0.106. The molecule has 8 heteroatoms. The fraction of sp³-hybridized carbons (Fsp3) is 0.158. The fourth-order valence-electron chi connectivity index (χ4n) is 2.92. The Labute approximate surface area is 162 Å². The summed E-state index contributed by atoms with van der Waals surface area (Å²) in [7, 11) is 0. The van der Waals surface area contributed by atoms with Crippen LogP contribution in [-0.2, 0) is 4.79 Å². The van der Waals surface area contributed by atoms with Gasteiger partial charge in [0.05, 0.1) is 24.8 Å². The number of rotatable bonds is 5. The van der Waals surface area contributed by atoms with Crippen molar-refractivity contribution in [1.82, 2.24) is 5.01 Å². The lowest BCUT2D eigenvalue weighted by Gasteiger charge is -2.20. The van der Waals surface area contributed by atoms with E-state index in [9.17, 15) is 9.18 Å². The Morgan fingerprint density at radius 3 is 2.78 bits per heavy atom. The highest BCUT2D eigenvalue weighted by Crippen LogP contribution is 2.33. The minimum Gasteiger partial charge on any atom is -0.467 e. The Balaban J connectivity index is 1.53. The Morgan fingerprint density at radius 2 is 2.07 bits per heavy atom. The molecule has 0 radical (unpaired) electrons. The topological polar surface area (TPSA) is 71.0 Å². The first-order valence-corrected chi connectivity index (χ1v) is 9.07. The van der Waals surface area contributed by atoms with Crippen LogP contribution in [0, 0.1) is 5.82 Å². The molecule has 138 valence electrons. The molecule has 1 N–H and O–H groups in total. The molecule has 0 aliphatic carbocycles. The van der Waals surface area contributed by atoms with Crippen molar-refractivity contribution in [2.24, 2.45) is 5.10 Å². The van der Waals surface area contributed by atoms with Crippen LogP contribution in [0.25, 0.3) is 0 Å². The molecule has 1 amide bonds. The highest BCUT2D eigenvalue weighted by molar-refractivity contribution is 9.10. The van der Waals surface area contributed by atoms with Gasteiger partial charge in [0.15, 0.2) is 0 Å². The molecule has 6 nitrogen and oxygen atoms in total. The monoisotopic (exact) mass is 431 g/mol.